The third kappa shape index (κ3) is 1.87. The number of ether oxygens (including phenoxy) is 1. The van der Waals surface area contributed by atoms with Gasteiger partial charge in [0.2, 0.25) is 0 Å². The fraction of sp³-hybridized carbons (Fsp3) is 0.692. The van der Waals surface area contributed by atoms with E-state index in [4.69, 9.17) is 21.3 Å². The number of rotatable bonds is 3. The highest BCUT2D eigenvalue weighted by Crippen LogP contribution is 2.32. The van der Waals surface area contributed by atoms with Crippen molar-refractivity contribution in [1.82, 2.24) is 19.3 Å². The molecule has 1 aliphatic heterocycles. The lowest BCUT2D eigenvalue weighted by atomic mass is 10.1. The molecule has 19 heavy (non-hydrogen) atoms. The molecule has 2 atom stereocenters. The van der Waals surface area contributed by atoms with Crippen LogP contribution in [0.4, 0.5) is 0 Å². The third-order valence-corrected chi connectivity index (χ3v) is 4.17. The van der Waals surface area contributed by atoms with E-state index in [1.54, 1.807) is 0 Å². The van der Waals surface area contributed by atoms with Crippen LogP contribution in [0.2, 0.25) is 0 Å². The summed E-state index contributed by atoms with van der Waals surface area (Å²) in [6.07, 6.45) is 2.08. The molecule has 0 aliphatic carbocycles. The third-order valence-electron chi connectivity index (χ3n) is 3.93. The summed E-state index contributed by atoms with van der Waals surface area (Å²) in [5.41, 5.74) is 3.09. The van der Waals surface area contributed by atoms with E-state index < -0.39 is 0 Å². The summed E-state index contributed by atoms with van der Waals surface area (Å²) in [6.45, 7) is 5.01. The topological polar surface area (TPSA) is 44.9 Å². The van der Waals surface area contributed by atoms with E-state index in [2.05, 4.69) is 23.5 Å². The zero-order chi connectivity index (χ0) is 13.6. The number of alkyl halides is 1. The first-order valence-corrected chi connectivity index (χ1v) is 7.31. The Kier molecular flexibility index (Phi) is 3.27. The van der Waals surface area contributed by atoms with Gasteiger partial charge in [0.05, 0.1) is 23.7 Å². The highest BCUT2D eigenvalue weighted by molar-refractivity contribution is 6.16. The summed E-state index contributed by atoms with van der Waals surface area (Å²) in [5, 5.41) is 4.55. The molecule has 3 heterocycles. The monoisotopic (exact) mass is 282 g/mol. The first-order chi connectivity index (χ1) is 9.17. The van der Waals surface area contributed by atoms with Crippen LogP contribution in [0.3, 0.4) is 0 Å². The maximum absolute atomic E-state index is 6.08. The van der Waals surface area contributed by atoms with E-state index in [1.165, 1.54) is 0 Å². The number of halogens is 1. The van der Waals surface area contributed by atoms with Crippen LogP contribution >= 0.6 is 11.6 Å². The molecular weight excluding hydrogens is 264 g/mol. The Morgan fingerprint density at radius 1 is 1.47 bits per heavy atom. The summed E-state index contributed by atoms with van der Waals surface area (Å²) < 4.78 is 9.84. The van der Waals surface area contributed by atoms with Gasteiger partial charge in [-0.25, -0.2) is 4.98 Å². The van der Waals surface area contributed by atoms with E-state index >= 15 is 0 Å². The average Bonchev–Trinajstić information content (AvgIpc) is 3.05. The maximum atomic E-state index is 6.08. The minimum absolute atomic E-state index is 0.194. The molecule has 2 unspecified atom stereocenters. The van der Waals surface area contributed by atoms with Gasteiger partial charge in [-0.2, -0.15) is 5.10 Å². The number of aromatic nitrogens is 4. The summed E-state index contributed by atoms with van der Waals surface area (Å²) in [7, 11) is 1.97. The first-order valence-electron chi connectivity index (χ1n) is 6.77. The summed E-state index contributed by atoms with van der Waals surface area (Å²) in [4.78, 5) is 4.69. The molecule has 0 saturated carbocycles. The quantitative estimate of drug-likeness (QED) is 0.812. The van der Waals surface area contributed by atoms with E-state index in [9.17, 15) is 0 Å². The zero-order valence-corrected chi connectivity index (χ0v) is 12.3. The van der Waals surface area contributed by atoms with E-state index in [0.717, 1.165) is 42.1 Å². The van der Waals surface area contributed by atoms with Gasteiger partial charge in [0.25, 0.3) is 0 Å². The molecule has 104 valence electrons. The predicted molar refractivity (Wildman–Crippen MR) is 74.5 cm³/mol. The van der Waals surface area contributed by atoms with Crippen molar-refractivity contribution in [3.8, 4) is 0 Å². The largest absolute Gasteiger partial charge is 0.376 e. The number of hydrogen-bond acceptors (Lipinski definition) is 3. The van der Waals surface area contributed by atoms with Crippen molar-refractivity contribution in [2.24, 2.45) is 7.05 Å². The van der Waals surface area contributed by atoms with Crippen molar-refractivity contribution < 1.29 is 4.74 Å². The lowest BCUT2D eigenvalue weighted by Gasteiger charge is -2.19. The highest BCUT2D eigenvalue weighted by atomic mass is 35.5. The molecule has 1 saturated heterocycles. The Hall–Kier alpha value is -1.07. The van der Waals surface area contributed by atoms with Crippen molar-refractivity contribution in [2.75, 3.05) is 6.61 Å². The standard InChI is InChI=1S/C13H19ClN4O/c1-4-9-12-13(17(3)16-9)18(11(7-14)15-12)10-5-6-19-8(10)2/h8,10H,4-7H2,1-3H3. The smallest absolute Gasteiger partial charge is 0.159 e. The second-order valence-electron chi connectivity index (χ2n) is 5.06. The minimum Gasteiger partial charge on any atom is -0.376 e. The van der Waals surface area contributed by atoms with Crippen LogP contribution in [0.5, 0.6) is 0 Å². The van der Waals surface area contributed by atoms with Crippen LogP contribution in [0.1, 0.15) is 37.8 Å². The van der Waals surface area contributed by atoms with Crippen LogP contribution < -0.4 is 0 Å². The zero-order valence-electron chi connectivity index (χ0n) is 11.6. The van der Waals surface area contributed by atoms with Gasteiger partial charge in [0.15, 0.2) is 5.65 Å². The molecular formula is C13H19ClN4O. The van der Waals surface area contributed by atoms with E-state index in [-0.39, 0.29) is 6.10 Å². The fourth-order valence-corrected chi connectivity index (χ4v) is 3.18. The Bertz CT molecular complexity index is 603. The molecule has 0 spiro atoms. The SMILES string of the molecule is CCc1nn(C)c2c1nc(CCl)n2C1CCOC1C. The van der Waals surface area contributed by atoms with Crippen molar-refractivity contribution in [1.29, 1.82) is 0 Å². The van der Waals surface area contributed by atoms with E-state index in [1.807, 2.05) is 11.7 Å². The van der Waals surface area contributed by atoms with Crippen LogP contribution in [-0.4, -0.2) is 32.0 Å². The Balaban J connectivity index is 2.23. The number of nitrogens with zero attached hydrogens (tertiary/aromatic N) is 4. The van der Waals surface area contributed by atoms with Gasteiger partial charge in [-0.1, -0.05) is 6.92 Å². The van der Waals surface area contributed by atoms with Crippen LogP contribution in [-0.2, 0) is 24.1 Å². The number of imidazole rings is 1. The molecule has 1 aliphatic rings. The average molecular weight is 283 g/mol. The molecule has 0 N–H and O–H groups in total. The van der Waals surface area contributed by atoms with Crippen molar-refractivity contribution >= 4 is 22.8 Å². The second-order valence-corrected chi connectivity index (χ2v) is 5.33. The Labute approximate surface area is 117 Å². The molecule has 2 aromatic rings. The van der Waals surface area contributed by atoms with Crippen molar-refractivity contribution in [3.05, 3.63) is 11.5 Å². The Morgan fingerprint density at radius 3 is 2.84 bits per heavy atom. The normalized spacial score (nSPS) is 23.6. The molecule has 0 amide bonds. The molecule has 2 aromatic heterocycles. The van der Waals surface area contributed by atoms with Gasteiger partial charge in [0, 0.05) is 13.7 Å². The van der Waals surface area contributed by atoms with Crippen molar-refractivity contribution in [2.45, 2.75) is 44.7 Å². The van der Waals surface area contributed by atoms with Crippen molar-refractivity contribution in [3.63, 3.8) is 0 Å². The van der Waals surface area contributed by atoms with Gasteiger partial charge in [-0.15, -0.1) is 11.6 Å². The van der Waals surface area contributed by atoms with Crippen LogP contribution in [0, 0.1) is 0 Å². The van der Waals surface area contributed by atoms with Gasteiger partial charge in [0.1, 0.15) is 11.3 Å². The van der Waals surface area contributed by atoms with Gasteiger partial charge in [-0.05, 0) is 19.8 Å². The molecule has 1 fully saturated rings. The number of hydrogen-bond donors (Lipinski definition) is 0. The minimum atomic E-state index is 0.194. The lowest BCUT2D eigenvalue weighted by molar-refractivity contribution is 0.108. The molecule has 3 rings (SSSR count). The highest BCUT2D eigenvalue weighted by Gasteiger charge is 2.31. The number of fused-ring (bicyclic) bond motifs is 1. The summed E-state index contributed by atoms with van der Waals surface area (Å²) >= 11 is 6.08. The fourth-order valence-electron chi connectivity index (χ4n) is 2.99. The number of aryl methyl sites for hydroxylation is 2. The molecule has 0 radical (unpaired) electrons. The molecule has 5 nitrogen and oxygen atoms in total. The van der Waals surface area contributed by atoms with Crippen LogP contribution in [0.25, 0.3) is 11.2 Å². The molecule has 6 heteroatoms. The molecule has 0 aromatic carbocycles. The van der Waals surface area contributed by atoms with E-state index in [0.29, 0.717) is 11.9 Å². The van der Waals surface area contributed by atoms with Gasteiger partial charge >= 0.3 is 0 Å². The predicted octanol–water partition coefficient (Wildman–Crippen LogP) is 2.42. The van der Waals surface area contributed by atoms with Crippen LogP contribution in [0.15, 0.2) is 0 Å². The second kappa shape index (κ2) is 4.80. The first kappa shape index (κ1) is 12.9. The summed E-state index contributed by atoms with van der Waals surface area (Å²) in [5.74, 6) is 1.34. The van der Waals surface area contributed by atoms with Gasteiger partial charge in [-0.3, -0.25) is 4.68 Å². The van der Waals surface area contributed by atoms with Gasteiger partial charge < -0.3 is 9.30 Å². The molecule has 0 bridgehead atoms. The maximum Gasteiger partial charge on any atom is 0.159 e. The Morgan fingerprint density at radius 2 is 2.26 bits per heavy atom. The summed E-state index contributed by atoms with van der Waals surface area (Å²) in [6, 6.07) is 0.304. The lowest BCUT2D eigenvalue weighted by Crippen LogP contribution is -2.20.